The van der Waals surface area contributed by atoms with Gasteiger partial charge >= 0.3 is 0 Å². The number of nitrogens with zero attached hydrogens (tertiary/aromatic N) is 1. The molecule has 0 aliphatic carbocycles. The van der Waals surface area contributed by atoms with Crippen molar-refractivity contribution in [2.24, 2.45) is 0 Å². The van der Waals surface area contributed by atoms with Gasteiger partial charge in [0.15, 0.2) is 0 Å². The van der Waals surface area contributed by atoms with Crippen LogP contribution in [0.5, 0.6) is 0 Å². The van der Waals surface area contributed by atoms with Crippen LogP contribution >= 0.6 is 15.9 Å². The molecule has 0 saturated carbocycles. The van der Waals surface area contributed by atoms with Crippen LogP contribution < -0.4 is 5.32 Å². The van der Waals surface area contributed by atoms with Crippen molar-refractivity contribution in [1.29, 1.82) is 0 Å². The Balaban J connectivity index is 1.60. The van der Waals surface area contributed by atoms with Crippen LogP contribution in [0.3, 0.4) is 0 Å². The second-order valence-corrected chi connectivity index (χ2v) is 6.76. The maximum atomic E-state index is 13.6. The highest BCUT2D eigenvalue weighted by Crippen LogP contribution is 2.15. The molecular formula is C17H24BrFN2O. The monoisotopic (exact) mass is 370 g/mol. The number of unbranched alkanes of at least 4 members (excludes halogenated alkanes) is 2. The van der Waals surface area contributed by atoms with Crippen molar-refractivity contribution < 1.29 is 9.18 Å². The molecule has 22 heavy (non-hydrogen) atoms. The average molecular weight is 371 g/mol. The quantitative estimate of drug-likeness (QED) is 0.736. The molecule has 5 heteroatoms. The molecule has 0 radical (unpaired) electrons. The zero-order valence-electron chi connectivity index (χ0n) is 12.9. The zero-order valence-corrected chi connectivity index (χ0v) is 14.5. The van der Waals surface area contributed by atoms with Gasteiger partial charge in [-0.15, -0.1) is 0 Å². The maximum absolute atomic E-state index is 13.6. The Kier molecular flexibility index (Phi) is 7.33. The lowest BCUT2D eigenvalue weighted by atomic mass is 10.1. The molecule has 0 bridgehead atoms. The normalized spacial score (nSPS) is 15.7. The van der Waals surface area contributed by atoms with Gasteiger partial charge in [0, 0.05) is 11.0 Å². The van der Waals surface area contributed by atoms with Gasteiger partial charge in [0.1, 0.15) is 5.82 Å². The minimum atomic E-state index is -0.481. The minimum absolute atomic E-state index is 0.0997. The predicted molar refractivity (Wildman–Crippen MR) is 90.6 cm³/mol. The van der Waals surface area contributed by atoms with E-state index in [4.69, 9.17) is 0 Å². The summed E-state index contributed by atoms with van der Waals surface area (Å²) < 4.78 is 14.3. The first-order valence-corrected chi connectivity index (χ1v) is 8.92. The van der Waals surface area contributed by atoms with Gasteiger partial charge in [-0.2, -0.15) is 0 Å². The predicted octanol–water partition coefficient (Wildman–Crippen LogP) is 3.97. The Labute approximate surface area is 140 Å². The average Bonchev–Trinajstić information content (AvgIpc) is 2.54. The fourth-order valence-corrected chi connectivity index (χ4v) is 3.15. The molecule has 1 saturated heterocycles. The van der Waals surface area contributed by atoms with Crippen LogP contribution in [0.1, 0.15) is 48.9 Å². The van der Waals surface area contributed by atoms with E-state index in [1.807, 2.05) is 0 Å². The second-order valence-electron chi connectivity index (χ2n) is 5.84. The number of carbonyl (C=O) groups excluding carboxylic acids is 1. The van der Waals surface area contributed by atoms with Crippen molar-refractivity contribution in [2.45, 2.75) is 38.5 Å². The Morgan fingerprint density at radius 1 is 1.18 bits per heavy atom. The molecular weight excluding hydrogens is 347 g/mol. The Morgan fingerprint density at radius 3 is 2.73 bits per heavy atom. The van der Waals surface area contributed by atoms with Crippen molar-refractivity contribution in [3.05, 3.63) is 34.1 Å². The third-order valence-corrected chi connectivity index (χ3v) is 4.55. The third-order valence-electron chi connectivity index (χ3n) is 4.06. The van der Waals surface area contributed by atoms with Crippen LogP contribution in [-0.4, -0.2) is 37.0 Å². The molecule has 1 aliphatic heterocycles. The van der Waals surface area contributed by atoms with E-state index in [2.05, 4.69) is 26.1 Å². The van der Waals surface area contributed by atoms with E-state index in [-0.39, 0.29) is 11.5 Å². The Morgan fingerprint density at radius 2 is 1.95 bits per heavy atom. The molecule has 2 rings (SSSR count). The number of hydrogen-bond acceptors (Lipinski definition) is 2. The first kappa shape index (κ1) is 17.4. The molecule has 1 heterocycles. The summed E-state index contributed by atoms with van der Waals surface area (Å²) in [5, 5.41) is 2.79. The van der Waals surface area contributed by atoms with Crippen LogP contribution in [0.15, 0.2) is 22.7 Å². The molecule has 1 aromatic rings. The highest BCUT2D eigenvalue weighted by molar-refractivity contribution is 9.10. The van der Waals surface area contributed by atoms with Crippen LogP contribution in [-0.2, 0) is 0 Å². The van der Waals surface area contributed by atoms with Gasteiger partial charge in [-0.1, -0.05) is 28.8 Å². The van der Waals surface area contributed by atoms with E-state index in [0.29, 0.717) is 11.0 Å². The number of nitrogens with one attached hydrogen (secondary N) is 1. The Bertz CT molecular complexity index is 490. The number of carbonyl (C=O) groups is 1. The highest BCUT2D eigenvalue weighted by Gasteiger charge is 2.12. The summed E-state index contributed by atoms with van der Waals surface area (Å²) >= 11 is 3.25. The second kappa shape index (κ2) is 9.26. The standard InChI is InChI=1S/C17H24BrFN2O/c18-14-7-8-16(19)15(13-14)17(22)20-9-3-1-4-10-21-11-5-2-6-12-21/h7-8,13H,1-6,9-12H2,(H,20,22). The van der Waals surface area contributed by atoms with Crippen LogP contribution in [0.4, 0.5) is 4.39 Å². The summed E-state index contributed by atoms with van der Waals surface area (Å²) in [5.74, 6) is -0.819. The number of piperidine rings is 1. The van der Waals surface area contributed by atoms with Crippen LogP contribution in [0.2, 0.25) is 0 Å². The summed E-state index contributed by atoms with van der Waals surface area (Å²) in [6.45, 7) is 4.23. The van der Waals surface area contributed by atoms with Gasteiger partial charge in [0.25, 0.3) is 5.91 Å². The highest BCUT2D eigenvalue weighted by atomic mass is 79.9. The van der Waals surface area contributed by atoms with E-state index in [1.54, 1.807) is 6.07 Å². The maximum Gasteiger partial charge on any atom is 0.254 e. The first-order chi connectivity index (χ1) is 10.7. The molecule has 122 valence electrons. The fraction of sp³-hybridized carbons (Fsp3) is 0.588. The Hall–Kier alpha value is -0.940. The van der Waals surface area contributed by atoms with Crippen LogP contribution in [0.25, 0.3) is 0 Å². The van der Waals surface area contributed by atoms with E-state index in [9.17, 15) is 9.18 Å². The van der Waals surface area contributed by atoms with Gasteiger partial charge in [-0.3, -0.25) is 4.79 Å². The lowest BCUT2D eigenvalue weighted by Crippen LogP contribution is -2.30. The van der Waals surface area contributed by atoms with Gasteiger partial charge in [0.05, 0.1) is 5.56 Å². The van der Waals surface area contributed by atoms with Gasteiger partial charge in [-0.25, -0.2) is 4.39 Å². The number of benzene rings is 1. The molecule has 1 fully saturated rings. The molecule has 1 aromatic carbocycles. The molecule has 0 atom stereocenters. The number of rotatable bonds is 7. The van der Waals surface area contributed by atoms with Crippen molar-refractivity contribution in [1.82, 2.24) is 10.2 Å². The summed E-state index contributed by atoms with van der Waals surface area (Å²) in [7, 11) is 0. The summed E-state index contributed by atoms with van der Waals surface area (Å²) in [6.07, 6.45) is 7.23. The number of halogens is 2. The molecule has 1 amide bonds. The first-order valence-electron chi connectivity index (χ1n) is 8.12. The number of amides is 1. The zero-order chi connectivity index (χ0) is 15.8. The molecule has 0 unspecified atom stereocenters. The van der Waals surface area contributed by atoms with E-state index in [0.717, 1.165) is 19.4 Å². The third kappa shape index (κ3) is 5.69. The van der Waals surface area contributed by atoms with Crippen molar-refractivity contribution in [2.75, 3.05) is 26.2 Å². The molecule has 0 spiro atoms. The van der Waals surface area contributed by atoms with Gasteiger partial charge < -0.3 is 10.2 Å². The van der Waals surface area contributed by atoms with E-state index < -0.39 is 5.82 Å². The lowest BCUT2D eigenvalue weighted by Gasteiger charge is -2.26. The SMILES string of the molecule is O=C(NCCCCCN1CCCCC1)c1cc(Br)ccc1F. The van der Waals surface area contributed by atoms with Gasteiger partial charge in [0.2, 0.25) is 0 Å². The molecule has 1 N–H and O–H groups in total. The topological polar surface area (TPSA) is 32.3 Å². The van der Waals surface area contributed by atoms with Crippen LogP contribution in [0, 0.1) is 5.82 Å². The van der Waals surface area contributed by atoms with Gasteiger partial charge in [-0.05, 0) is 63.5 Å². The smallest absolute Gasteiger partial charge is 0.254 e. The molecule has 3 nitrogen and oxygen atoms in total. The van der Waals surface area contributed by atoms with Crippen molar-refractivity contribution in [3.8, 4) is 0 Å². The summed E-state index contributed by atoms with van der Waals surface area (Å²) in [4.78, 5) is 14.4. The van der Waals surface area contributed by atoms with E-state index in [1.165, 1.54) is 50.9 Å². The lowest BCUT2D eigenvalue weighted by molar-refractivity contribution is 0.0948. The fourth-order valence-electron chi connectivity index (χ4n) is 2.79. The number of hydrogen-bond donors (Lipinski definition) is 1. The summed E-state index contributed by atoms with van der Waals surface area (Å²) in [6, 6.07) is 4.41. The molecule has 1 aliphatic rings. The minimum Gasteiger partial charge on any atom is -0.352 e. The number of likely N-dealkylation sites (tertiary alicyclic amines) is 1. The molecule has 0 aromatic heterocycles. The summed E-state index contributed by atoms with van der Waals surface area (Å²) in [5.41, 5.74) is 0.0997. The van der Waals surface area contributed by atoms with Crippen molar-refractivity contribution in [3.63, 3.8) is 0 Å². The van der Waals surface area contributed by atoms with Crippen molar-refractivity contribution >= 4 is 21.8 Å². The van der Waals surface area contributed by atoms with E-state index >= 15 is 0 Å². The largest absolute Gasteiger partial charge is 0.352 e.